The molecule has 8 unspecified atom stereocenters. The van der Waals surface area contributed by atoms with Crippen LogP contribution in [-0.4, -0.2) is 46.1 Å². The third-order valence-electron chi connectivity index (χ3n) is 15.6. The zero-order valence-corrected chi connectivity index (χ0v) is 27.6. The highest BCUT2D eigenvalue weighted by Gasteiger charge is 2.59. The van der Waals surface area contributed by atoms with Crippen molar-refractivity contribution in [2.75, 3.05) is 0 Å². The molecular weight excluding hydrogens is 508 g/mol. The zero-order chi connectivity index (χ0) is 27.9. The summed E-state index contributed by atoms with van der Waals surface area (Å²) in [7, 11) is 0. The quantitative estimate of drug-likeness (QED) is 0.310. The second-order valence-electron chi connectivity index (χ2n) is 17.5. The van der Waals surface area contributed by atoms with Gasteiger partial charge in [0.1, 0.15) is 0 Å². The number of hydrogen-bond acceptors (Lipinski definition) is 2. The topological polar surface area (TPSA) is 6.48 Å². The largest absolute Gasteiger partial charge is 0.294 e. The van der Waals surface area contributed by atoms with Gasteiger partial charge in [-0.15, -0.1) is 0 Å². The van der Waals surface area contributed by atoms with Gasteiger partial charge in [0, 0.05) is 36.3 Å². The minimum atomic E-state index is 0.929. The molecule has 0 spiro atoms. The van der Waals surface area contributed by atoms with Crippen molar-refractivity contribution < 1.29 is 0 Å². The third kappa shape index (κ3) is 5.60. The predicted octanol–water partition coefficient (Wildman–Crippen LogP) is 10.5. The Morgan fingerprint density at radius 2 is 0.690 bits per heavy atom. The van der Waals surface area contributed by atoms with Crippen LogP contribution >= 0.6 is 0 Å². The Hall–Kier alpha value is -0.0800. The monoisotopic (exact) mass is 577 g/mol. The average molecular weight is 577 g/mol. The average Bonchev–Trinajstić information content (AvgIpc) is 3.07. The fourth-order valence-electron chi connectivity index (χ4n) is 14.2. The summed E-state index contributed by atoms with van der Waals surface area (Å²) < 4.78 is 0. The van der Waals surface area contributed by atoms with E-state index < -0.39 is 0 Å². The first-order valence-corrected chi connectivity index (χ1v) is 20.4. The molecule has 8 aliphatic carbocycles. The van der Waals surface area contributed by atoms with E-state index in [2.05, 4.69) is 9.80 Å². The molecule has 8 aliphatic rings. The van der Waals surface area contributed by atoms with Crippen molar-refractivity contribution in [3.8, 4) is 0 Å². The second kappa shape index (κ2) is 13.3. The number of rotatable bonds is 6. The van der Waals surface area contributed by atoms with Crippen LogP contribution in [0.4, 0.5) is 0 Å². The Kier molecular flexibility index (Phi) is 9.32. The normalized spacial score (nSPS) is 43.0. The van der Waals surface area contributed by atoms with Gasteiger partial charge in [-0.3, -0.25) is 9.80 Å². The fraction of sp³-hybridized carbons (Fsp3) is 1.00. The van der Waals surface area contributed by atoms with Crippen LogP contribution in [-0.2, 0) is 0 Å². The predicted molar refractivity (Wildman–Crippen MR) is 177 cm³/mol. The summed E-state index contributed by atoms with van der Waals surface area (Å²) in [6, 6.07) is 5.58. The van der Waals surface area contributed by atoms with Gasteiger partial charge in [-0.05, 0) is 125 Å². The maximum absolute atomic E-state index is 3.41. The van der Waals surface area contributed by atoms with Crippen molar-refractivity contribution >= 4 is 0 Å². The summed E-state index contributed by atoms with van der Waals surface area (Å²) in [4.78, 5) is 6.79. The molecule has 8 rings (SSSR count). The van der Waals surface area contributed by atoms with Crippen molar-refractivity contribution in [1.82, 2.24) is 9.80 Å². The highest BCUT2D eigenvalue weighted by Crippen LogP contribution is 2.62. The summed E-state index contributed by atoms with van der Waals surface area (Å²) in [6.45, 7) is 0. The lowest BCUT2D eigenvalue weighted by atomic mass is 9.46. The second-order valence-corrected chi connectivity index (χ2v) is 17.5. The molecule has 0 aromatic rings. The van der Waals surface area contributed by atoms with Crippen molar-refractivity contribution in [1.29, 1.82) is 0 Å². The SMILES string of the molecule is C1CCC(N(C2CCCCC2)C2CCC3CCC4CCCC5C4C3C2CC5N(C2CCCCC2)C2CCCCC2)CC1. The molecule has 0 aromatic heterocycles. The maximum atomic E-state index is 3.41. The lowest BCUT2D eigenvalue weighted by molar-refractivity contribution is -0.159. The van der Waals surface area contributed by atoms with Gasteiger partial charge < -0.3 is 0 Å². The van der Waals surface area contributed by atoms with E-state index in [1.54, 1.807) is 51.4 Å². The van der Waals surface area contributed by atoms with E-state index in [0.29, 0.717) is 0 Å². The van der Waals surface area contributed by atoms with Crippen molar-refractivity contribution in [3.63, 3.8) is 0 Å². The Bertz CT molecular complexity index is 804. The molecule has 0 saturated heterocycles. The molecule has 8 saturated carbocycles. The van der Waals surface area contributed by atoms with Gasteiger partial charge in [0.25, 0.3) is 0 Å². The van der Waals surface area contributed by atoms with E-state index in [1.807, 2.05) is 0 Å². The maximum Gasteiger partial charge on any atom is 0.0136 e. The van der Waals surface area contributed by atoms with Gasteiger partial charge in [0.05, 0.1) is 0 Å². The molecule has 2 nitrogen and oxygen atoms in total. The number of hydrogen-bond donors (Lipinski definition) is 0. The van der Waals surface area contributed by atoms with Gasteiger partial charge in [0.2, 0.25) is 0 Å². The Morgan fingerprint density at radius 1 is 0.286 bits per heavy atom. The van der Waals surface area contributed by atoms with Crippen LogP contribution < -0.4 is 0 Å². The highest BCUT2D eigenvalue weighted by atomic mass is 15.2. The van der Waals surface area contributed by atoms with Gasteiger partial charge in [-0.2, -0.15) is 0 Å². The minimum absolute atomic E-state index is 0.929. The molecule has 42 heavy (non-hydrogen) atoms. The van der Waals surface area contributed by atoms with Crippen LogP contribution in [0.5, 0.6) is 0 Å². The third-order valence-corrected chi connectivity index (χ3v) is 15.6. The first kappa shape index (κ1) is 29.3. The standard InChI is InChI=1S/C40H68N2/c1-5-15-31(16-6-1)41(32-17-7-2-8-18-32)37-27-26-30-25-24-29-14-13-23-35-38(28-36(37)40(30)39(29)35)42(33-19-9-3-10-20-33)34-21-11-4-12-22-34/h29-40H,1-28H2. The van der Waals surface area contributed by atoms with Crippen LogP contribution in [0, 0.1) is 35.5 Å². The van der Waals surface area contributed by atoms with Crippen LogP contribution in [0.1, 0.15) is 180 Å². The fourth-order valence-corrected chi connectivity index (χ4v) is 14.2. The van der Waals surface area contributed by atoms with Gasteiger partial charge in [-0.25, -0.2) is 0 Å². The Labute approximate surface area is 260 Å². The van der Waals surface area contributed by atoms with Crippen LogP contribution in [0.25, 0.3) is 0 Å². The van der Waals surface area contributed by atoms with E-state index in [-0.39, 0.29) is 0 Å². The van der Waals surface area contributed by atoms with E-state index in [4.69, 9.17) is 0 Å². The first-order chi connectivity index (χ1) is 20.9. The molecule has 0 aromatic carbocycles. The summed E-state index contributed by atoms with van der Waals surface area (Å²) in [5, 5.41) is 0. The summed E-state index contributed by atoms with van der Waals surface area (Å²) >= 11 is 0. The van der Waals surface area contributed by atoms with E-state index in [0.717, 1.165) is 71.8 Å². The molecule has 8 fully saturated rings. The van der Waals surface area contributed by atoms with Crippen molar-refractivity contribution in [2.45, 2.75) is 216 Å². The van der Waals surface area contributed by atoms with E-state index in [9.17, 15) is 0 Å². The molecule has 0 N–H and O–H groups in total. The first-order valence-electron chi connectivity index (χ1n) is 20.4. The molecule has 2 heteroatoms. The lowest BCUT2D eigenvalue weighted by Crippen LogP contribution is -2.66. The highest BCUT2D eigenvalue weighted by molar-refractivity contribution is 5.11. The van der Waals surface area contributed by atoms with Gasteiger partial charge >= 0.3 is 0 Å². The zero-order valence-electron chi connectivity index (χ0n) is 27.6. The smallest absolute Gasteiger partial charge is 0.0136 e. The molecule has 0 amide bonds. The van der Waals surface area contributed by atoms with Gasteiger partial charge in [0.15, 0.2) is 0 Å². The molecule has 0 heterocycles. The molecule has 0 bridgehead atoms. The molecule has 0 radical (unpaired) electrons. The summed E-state index contributed by atoms with van der Waals surface area (Å²) in [5.41, 5.74) is 0. The molecular formula is C40H68N2. The Morgan fingerprint density at radius 3 is 1.19 bits per heavy atom. The van der Waals surface area contributed by atoms with Crippen LogP contribution in [0.3, 0.4) is 0 Å². The molecule has 238 valence electrons. The van der Waals surface area contributed by atoms with Crippen molar-refractivity contribution in [2.24, 2.45) is 35.5 Å². The lowest BCUT2D eigenvalue weighted by Gasteiger charge is -2.65. The minimum Gasteiger partial charge on any atom is -0.294 e. The van der Waals surface area contributed by atoms with Gasteiger partial charge in [-0.1, -0.05) is 89.9 Å². The molecule has 8 atom stereocenters. The van der Waals surface area contributed by atoms with Crippen LogP contribution in [0.15, 0.2) is 0 Å². The van der Waals surface area contributed by atoms with E-state index >= 15 is 0 Å². The summed E-state index contributed by atoms with van der Waals surface area (Å²) in [5.74, 6) is 6.44. The summed E-state index contributed by atoms with van der Waals surface area (Å²) in [6.07, 6.45) is 43.2. The Balaban J connectivity index is 1.16. The van der Waals surface area contributed by atoms with E-state index in [1.165, 1.54) is 128 Å². The number of nitrogens with zero attached hydrogens (tertiary/aromatic N) is 2. The molecule has 0 aliphatic heterocycles. The van der Waals surface area contributed by atoms with Crippen molar-refractivity contribution in [3.05, 3.63) is 0 Å². The van der Waals surface area contributed by atoms with Crippen LogP contribution in [0.2, 0.25) is 0 Å².